The van der Waals surface area contributed by atoms with Gasteiger partial charge in [0, 0.05) is 0 Å². The standard InChI is InChI=1S/C9H12N2/c1-6-8-4-3-5-9(8)7(2)11-10-6/h3-5H2,1-2H3. The van der Waals surface area contributed by atoms with Crippen molar-refractivity contribution in [2.24, 2.45) is 0 Å². The first-order valence-electron chi connectivity index (χ1n) is 4.10. The van der Waals surface area contributed by atoms with E-state index >= 15 is 0 Å². The van der Waals surface area contributed by atoms with Crippen LogP contribution in [-0.2, 0) is 12.8 Å². The van der Waals surface area contributed by atoms with Gasteiger partial charge in [0.25, 0.3) is 0 Å². The Labute approximate surface area is 66.7 Å². The molecule has 2 nitrogen and oxygen atoms in total. The maximum absolute atomic E-state index is 4.10. The minimum absolute atomic E-state index is 1.13. The number of hydrogen-bond acceptors (Lipinski definition) is 2. The van der Waals surface area contributed by atoms with Crippen molar-refractivity contribution in [2.75, 3.05) is 0 Å². The van der Waals surface area contributed by atoms with Crippen molar-refractivity contribution in [3.8, 4) is 0 Å². The van der Waals surface area contributed by atoms with E-state index in [1.54, 1.807) is 0 Å². The summed E-state index contributed by atoms with van der Waals surface area (Å²) >= 11 is 0. The second kappa shape index (κ2) is 2.29. The maximum atomic E-state index is 4.10. The highest BCUT2D eigenvalue weighted by Crippen LogP contribution is 2.24. The lowest BCUT2D eigenvalue weighted by Gasteiger charge is -2.03. The Balaban J connectivity index is 2.64. The normalized spacial score (nSPS) is 15.1. The summed E-state index contributed by atoms with van der Waals surface area (Å²) in [4.78, 5) is 0. The zero-order valence-electron chi connectivity index (χ0n) is 7.02. The van der Waals surface area contributed by atoms with Gasteiger partial charge in [-0.15, -0.1) is 0 Å². The molecule has 0 spiro atoms. The van der Waals surface area contributed by atoms with E-state index < -0.39 is 0 Å². The predicted molar refractivity (Wildman–Crippen MR) is 43.5 cm³/mol. The summed E-state index contributed by atoms with van der Waals surface area (Å²) in [6.45, 7) is 4.10. The van der Waals surface area contributed by atoms with Gasteiger partial charge in [-0.25, -0.2) is 0 Å². The zero-order valence-corrected chi connectivity index (χ0v) is 7.02. The van der Waals surface area contributed by atoms with Crippen LogP contribution in [0.3, 0.4) is 0 Å². The van der Waals surface area contributed by atoms with Gasteiger partial charge >= 0.3 is 0 Å². The van der Waals surface area contributed by atoms with Crippen LogP contribution in [0.4, 0.5) is 0 Å². The minimum atomic E-state index is 1.13. The second-order valence-corrected chi connectivity index (χ2v) is 3.18. The van der Waals surface area contributed by atoms with E-state index in [0.29, 0.717) is 0 Å². The lowest BCUT2D eigenvalue weighted by molar-refractivity contribution is 0.906. The van der Waals surface area contributed by atoms with Crippen molar-refractivity contribution >= 4 is 0 Å². The first kappa shape index (κ1) is 6.77. The Morgan fingerprint density at radius 3 is 1.82 bits per heavy atom. The van der Waals surface area contributed by atoms with Crippen LogP contribution in [0.25, 0.3) is 0 Å². The summed E-state index contributed by atoms with van der Waals surface area (Å²) in [6, 6.07) is 0. The molecule has 0 atom stereocenters. The molecule has 1 aliphatic rings. The number of rotatable bonds is 0. The summed E-state index contributed by atoms with van der Waals surface area (Å²) in [5.41, 5.74) is 5.17. The summed E-state index contributed by atoms with van der Waals surface area (Å²) in [5.74, 6) is 0. The number of aromatic nitrogens is 2. The van der Waals surface area contributed by atoms with Crippen molar-refractivity contribution in [1.82, 2.24) is 10.2 Å². The molecule has 0 saturated carbocycles. The van der Waals surface area contributed by atoms with Crippen LogP contribution in [0.2, 0.25) is 0 Å². The van der Waals surface area contributed by atoms with Gasteiger partial charge in [-0.3, -0.25) is 0 Å². The summed E-state index contributed by atoms with van der Waals surface area (Å²) in [5, 5.41) is 8.20. The van der Waals surface area contributed by atoms with Gasteiger partial charge in [-0.2, -0.15) is 10.2 Å². The lowest BCUT2D eigenvalue weighted by Crippen LogP contribution is -1.98. The fourth-order valence-electron chi connectivity index (χ4n) is 1.81. The maximum Gasteiger partial charge on any atom is 0.0635 e. The van der Waals surface area contributed by atoms with Gasteiger partial charge in [0.2, 0.25) is 0 Å². The Bertz CT molecular complexity index is 263. The van der Waals surface area contributed by atoms with Crippen molar-refractivity contribution in [1.29, 1.82) is 0 Å². The first-order chi connectivity index (χ1) is 5.29. The molecule has 1 heterocycles. The molecule has 2 rings (SSSR count). The van der Waals surface area contributed by atoms with Gasteiger partial charge in [0.05, 0.1) is 11.4 Å². The van der Waals surface area contributed by atoms with E-state index in [0.717, 1.165) is 11.4 Å². The van der Waals surface area contributed by atoms with Crippen LogP contribution in [-0.4, -0.2) is 10.2 Å². The van der Waals surface area contributed by atoms with E-state index in [2.05, 4.69) is 24.0 Å². The average Bonchev–Trinajstić information content (AvgIpc) is 2.45. The number of nitrogens with zero attached hydrogens (tertiary/aromatic N) is 2. The van der Waals surface area contributed by atoms with Crippen molar-refractivity contribution in [3.63, 3.8) is 0 Å². The van der Waals surface area contributed by atoms with Gasteiger partial charge in [-0.1, -0.05) is 0 Å². The minimum Gasteiger partial charge on any atom is -0.155 e. The molecule has 0 amide bonds. The first-order valence-corrected chi connectivity index (χ1v) is 4.10. The van der Waals surface area contributed by atoms with E-state index in [-0.39, 0.29) is 0 Å². The van der Waals surface area contributed by atoms with Crippen molar-refractivity contribution in [3.05, 3.63) is 22.5 Å². The quantitative estimate of drug-likeness (QED) is 0.558. The smallest absolute Gasteiger partial charge is 0.0635 e. The molecule has 0 fully saturated rings. The number of aryl methyl sites for hydroxylation is 2. The molecule has 58 valence electrons. The molecule has 1 aromatic heterocycles. The van der Waals surface area contributed by atoms with E-state index in [1.165, 1.54) is 30.4 Å². The highest BCUT2D eigenvalue weighted by molar-refractivity contribution is 5.35. The zero-order chi connectivity index (χ0) is 7.84. The van der Waals surface area contributed by atoms with Gasteiger partial charge in [-0.05, 0) is 44.2 Å². The van der Waals surface area contributed by atoms with Crippen LogP contribution in [0.15, 0.2) is 0 Å². The summed E-state index contributed by atoms with van der Waals surface area (Å²) in [7, 11) is 0. The van der Waals surface area contributed by atoms with Crippen LogP contribution in [0, 0.1) is 13.8 Å². The number of hydrogen-bond donors (Lipinski definition) is 0. The van der Waals surface area contributed by atoms with E-state index in [4.69, 9.17) is 0 Å². The van der Waals surface area contributed by atoms with Crippen LogP contribution in [0.1, 0.15) is 28.9 Å². The number of fused-ring (bicyclic) bond motifs is 1. The van der Waals surface area contributed by atoms with Crippen LogP contribution >= 0.6 is 0 Å². The fraction of sp³-hybridized carbons (Fsp3) is 0.556. The molecule has 0 N–H and O–H groups in total. The predicted octanol–water partition coefficient (Wildman–Crippen LogP) is 1.58. The third-order valence-corrected chi connectivity index (χ3v) is 2.44. The molecule has 1 aromatic rings. The summed E-state index contributed by atoms with van der Waals surface area (Å²) in [6.07, 6.45) is 3.69. The molecule has 1 aliphatic carbocycles. The third kappa shape index (κ3) is 0.934. The molecule has 0 aliphatic heterocycles. The lowest BCUT2D eigenvalue weighted by atomic mass is 10.1. The molecule has 0 aromatic carbocycles. The molecular weight excluding hydrogens is 136 g/mol. The fourth-order valence-corrected chi connectivity index (χ4v) is 1.81. The van der Waals surface area contributed by atoms with Gasteiger partial charge in [0.1, 0.15) is 0 Å². The van der Waals surface area contributed by atoms with Gasteiger partial charge < -0.3 is 0 Å². The van der Waals surface area contributed by atoms with Crippen LogP contribution < -0.4 is 0 Å². The molecule has 0 unspecified atom stereocenters. The van der Waals surface area contributed by atoms with Crippen molar-refractivity contribution in [2.45, 2.75) is 33.1 Å². The highest BCUT2D eigenvalue weighted by Gasteiger charge is 2.16. The second-order valence-electron chi connectivity index (χ2n) is 3.18. The van der Waals surface area contributed by atoms with Crippen molar-refractivity contribution < 1.29 is 0 Å². The topological polar surface area (TPSA) is 25.8 Å². The molecule has 0 radical (unpaired) electrons. The summed E-state index contributed by atoms with van der Waals surface area (Å²) < 4.78 is 0. The molecular formula is C9H12N2. The SMILES string of the molecule is Cc1nnc(C)c2c1CCC2. The molecule has 0 bridgehead atoms. The molecule has 11 heavy (non-hydrogen) atoms. The Kier molecular flexibility index (Phi) is 1.41. The van der Waals surface area contributed by atoms with E-state index in [1.807, 2.05) is 0 Å². The van der Waals surface area contributed by atoms with E-state index in [9.17, 15) is 0 Å². The molecule has 0 saturated heterocycles. The highest BCUT2D eigenvalue weighted by atomic mass is 15.1. The van der Waals surface area contributed by atoms with Crippen LogP contribution in [0.5, 0.6) is 0 Å². The Hall–Kier alpha value is -0.920. The largest absolute Gasteiger partial charge is 0.155 e. The Morgan fingerprint density at radius 1 is 0.909 bits per heavy atom. The Morgan fingerprint density at radius 2 is 1.36 bits per heavy atom. The monoisotopic (exact) mass is 148 g/mol. The average molecular weight is 148 g/mol. The van der Waals surface area contributed by atoms with Gasteiger partial charge in [0.15, 0.2) is 0 Å². The third-order valence-electron chi connectivity index (χ3n) is 2.44. The molecule has 2 heteroatoms.